The van der Waals surface area contributed by atoms with Gasteiger partial charge in [-0.1, -0.05) is 54.0 Å². The molecule has 76 heavy (non-hydrogen) atoms. The molecule has 0 N–H and O–H groups in total. The Morgan fingerprint density at radius 1 is 0.671 bits per heavy atom. The molecule has 15 atom stereocenters. The van der Waals surface area contributed by atoms with Gasteiger partial charge in [-0.3, -0.25) is 25.7 Å². The summed E-state index contributed by atoms with van der Waals surface area (Å²) < 4.78 is 214. The SMILES string of the molecule is C[C@@H]1O[C@@H](CC(CO[C@H]2CC[C@]3(C)[C@H]4C(=O)C=C5[C@@H]6C[C@@](C)(C(=O)[O-])CC[C@]6(C)CC[C@@]5(C)[C@]4(C)CC[C@H]3C2(C)C)(COS(=O)(=O)[O-])OS(=O)(=O)[O-])[C@@H](OS(=O)(=O)[O-])[C@H](OS(=O)(=O)[O-])[C@@H]1OS(=O)(=O)[O-].[Na+].[Na+].[Na+].[Na+].[Na+].[Na+]. The Morgan fingerprint density at radius 2 is 1.18 bits per heavy atom. The van der Waals surface area contributed by atoms with Crippen molar-refractivity contribution in [2.45, 2.75) is 162 Å². The van der Waals surface area contributed by atoms with Crippen molar-refractivity contribution in [3.8, 4) is 0 Å². The van der Waals surface area contributed by atoms with Crippen molar-refractivity contribution in [3.05, 3.63) is 11.6 Å². The van der Waals surface area contributed by atoms with E-state index < -0.39 is 153 Å². The number of rotatable bonds is 17. The number of carboxylic acid groups (broad SMARTS) is 1. The van der Waals surface area contributed by atoms with Gasteiger partial charge in [0.2, 0.25) is 52.0 Å². The number of ether oxygens (including phenoxy) is 2. The van der Waals surface area contributed by atoms with E-state index in [0.717, 1.165) is 25.3 Å². The van der Waals surface area contributed by atoms with Crippen LogP contribution < -0.4 is 182 Å². The topological polar surface area (TPSA) is 408 Å². The van der Waals surface area contributed by atoms with Gasteiger partial charge in [-0.2, -0.15) is 0 Å². The molecule has 0 aromatic heterocycles. The van der Waals surface area contributed by atoms with Crippen LogP contribution in [-0.2, 0) is 92.0 Å². The third-order valence-corrected chi connectivity index (χ3v) is 19.8. The number of hydrogen-bond donors (Lipinski definition) is 0. The van der Waals surface area contributed by atoms with Crippen molar-refractivity contribution in [3.63, 3.8) is 0 Å². The normalized spacial score (nSPS) is 37.9. The number of carbonyl (C=O) groups is 2. The van der Waals surface area contributed by atoms with Crippen LogP contribution in [0.15, 0.2) is 11.6 Å². The number of ketones is 1. The molecular formula is C40H58Na6O25S5. The molecule has 0 amide bonds. The molecule has 1 heterocycles. The molecule has 404 valence electrons. The molecule has 6 rings (SSSR count). The molecule has 0 aromatic rings. The van der Waals surface area contributed by atoms with Crippen LogP contribution in [0.25, 0.3) is 0 Å². The second-order valence-electron chi connectivity index (χ2n) is 22.0. The van der Waals surface area contributed by atoms with Gasteiger partial charge in [-0.05, 0) is 110 Å². The number of aliphatic carboxylic acids is 1. The maximum atomic E-state index is 14.9. The standard InChI is InChI=1S/C40H64O25S5.6Na/c1-22-29(62-67(47,48)49)31(64-69(53,54)55)30(63-68(50,51)52)26(61-22)19-40(65-70(56,57)58,21-60-66(44,45)46)20-59-28-10-11-37(6)27(34(28,2)3)9-12-39(8)32(37)25(41)17-23-24-18-36(5,33(42)43)14-13-35(24,4)15-16-38(23,39)7;;;;;;/h17,22,24,26-32H,9-16,18-21H2,1-8H3,(H,42,43)(H,44,45,46)(H,47,48,49)(H,50,51,52)(H,53,54,55)(H,56,57,58);;;;;;/q;6*+1/p-6/t22-,24-,26-,27-,28-,29+,30+,31+,32+,35+,36-,37-,38+,39+,40?;;;;;;/m0....../s1. The Morgan fingerprint density at radius 3 is 1.68 bits per heavy atom. The second kappa shape index (κ2) is 27.7. The number of carbonyl (C=O) groups excluding carboxylic acids is 2. The Balaban J connectivity index is 0.00000937. The van der Waals surface area contributed by atoms with Crippen LogP contribution >= 0.6 is 0 Å². The van der Waals surface area contributed by atoms with E-state index in [-0.39, 0.29) is 213 Å². The summed E-state index contributed by atoms with van der Waals surface area (Å²) in [4.78, 5) is 27.3. The maximum Gasteiger partial charge on any atom is 1.00 e. The van der Waals surface area contributed by atoms with Crippen LogP contribution in [-0.4, -0.2) is 132 Å². The molecule has 0 radical (unpaired) electrons. The zero-order chi connectivity index (χ0) is 53.1. The summed E-state index contributed by atoms with van der Waals surface area (Å²) in [6.45, 7) is 11.5. The first-order chi connectivity index (χ1) is 31.4. The average molecular weight is 1240 g/mol. The third kappa shape index (κ3) is 17.5. The molecule has 5 fully saturated rings. The molecule has 5 aliphatic carbocycles. The molecule has 4 saturated carbocycles. The number of allylic oxidation sites excluding steroid dienone is 2. The van der Waals surface area contributed by atoms with Gasteiger partial charge >= 0.3 is 177 Å². The molecule has 1 aliphatic heterocycles. The van der Waals surface area contributed by atoms with E-state index in [1.165, 1.54) is 0 Å². The van der Waals surface area contributed by atoms with Gasteiger partial charge in [0.05, 0.1) is 31.5 Å². The summed E-state index contributed by atoms with van der Waals surface area (Å²) in [6.07, 6.45) is -9.26. The Labute approximate surface area is 579 Å². The second-order valence-corrected chi connectivity index (χ2v) is 27.1. The zero-order valence-electron chi connectivity index (χ0n) is 45.5. The summed E-state index contributed by atoms with van der Waals surface area (Å²) in [5, 5.41) is 12.4. The van der Waals surface area contributed by atoms with E-state index in [4.69, 9.17) is 13.7 Å². The van der Waals surface area contributed by atoms with Crippen LogP contribution in [0.1, 0.15) is 120 Å². The van der Waals surface area contributed by atoms with Crippen molar-refractivity contribution in [1.29, 1.82) is 0 Å². The fourth-order valence-electron chi connectivity index (χ4n) is 13.9. The predicted molar refractivity (Wildman–Crippen MR) is 226 cm³/mol. The molecule has 0 bridgehead atoms. The minimum absolute atomic E-state index is 0. The fraction of sp³-hybridized carbons (Fsp3) is 0.900. The molecule has 36 heteroatoms. The quantitative estimate of drug-likeness (QED) is 0.0741. The van der Waals surface area contributed by atoms with Crippen molar-refractivity contribution in [1.82, 2.24) is 0 Å². The molecular weight excluding hydrogens is 1180 g/mol. The van der Waals surface area contributed by atoms with E-state index >= 15 is 0 Å². The largest absolute Gasteiger partial charge is 1.00 e. The van der Waals surface area contributed by atoms with Gasteiger partial charge in [0, 0.05) is 23.7 Å². The van der Waals surface area contributed by atoms with Crippen molar-refractivity contribution < 1.29 is 287 Å². The Hall–Kier alpha value is 4.15. The van der Waals surface area contributed by atoms with Crippen LogP contribution in [0.5, 0.6) is 0 Å². The van der Waals surface area contributed by atoms with E-state index in [9.17, 15) is 79.5 Å². The van der Waals surface area contributed by atoms with E-state index in [1.54, 1.807) is 26.8 Å². The van der Waals surface area contributed by atoms with Crippen LogP contribution in [0.2, 0.25) is 0 Å². The fourth-order valence-corrected chi connectivity index (χ4v) is 16.4. The molecule has 1 saturated heterocycles. The summed E-state index contributed by atoms with van der Waals surface area (Å²) in [5.74, 6) is -2.35. The van der Waals surface area contributed by atoms with Gasteiger partial charge in [-0.15, -0.1) is 0 Å². The molecule has 25 nitrogen and oxygen atoms in total. The minimum Gasteiger partial charge on any atom is -0.726 e. The summed E-state index contributed by atoms with van der Waals surface area (Å²) >= 11 is 0. The molecule has 6 aliphatic rings. The van der Waals surface area contributed by atoms with Gasteiger partial charge in [0.15, 0.2) is 5.78 Å². The number of hydrogen-bond acceptors (Lipinski definition) is 25. The monoisotopic (exact) mass is 1240 g/mol. The van der Waals surface area contributed by atoms with Crippen molar-refractivity contribution in [2.24, 2.45) is 50.2 Å². The third-order valence-electron chi connectivity index (χ3n) is 17.4. The van der Waals surface area contributed by atoms with Crippen LogP contribution in [0.3, 0.4) is 0 Å². The van der Waals surface area contributed by atoms with Crippen molar-refractivity contribution in [2.75, 3.05) is 13.2 Å². The van der Waals surface area contributed by atoms with Gasteiger partial charge in [-0.25, -0.2) is 42.1 Å². The first kappa shape index (κ1) is 80.2. The van der Waals surface area contributed by atoms with Crippen molar-refractivity contribution >= 4 is 63.7 Å². The molecule has 0 spiro atoms. The zero-order valence-corrected chi connectivity index (χ0v) is 61.6. The first-order valence-electron chi connectivity index (χ1n) is 22.4. The van der Waals surface area contributed by atoms with Gasteiger partial charge in [0.1, 0.15) is 23.9 Å². The van der Waals surface area contributed by atoms with E-state index in [0.29, 0.717) is 32.1 Å². The van der Waals surface area contributed by atoms with E-state index in [2.05, 4.69) is 37.5 Å². The number of fused-ring (bicyclic) bond motifs is 7. The Kier molecular flexibility index (Phi) is 29.2. The van der Waals surface area contributed by atoms with Crippen LogP contribution in [0.4, 0.5) is 0 Å². The average Bonchev–Trinajstić information content (AvgIpc) is 3.15. The maximum absolute atomic E-state index is 14.9. The summed E-state index contributed by atoms with van der Waals surface area (Å²) in [5.41, 5.74) is -6.38. The smallest absolute Gasteiger partial charge is 0.726 e. The van der Waals surface area contributed by atoms with E-state index in [1.807, 2.05) is 6.92 Å². The summed E-state index contributed by atoms with van der Waals surface area (Å²) in [6, 6.07) is 0. The molecule has 1 unspecified atom stereocenters. The predicted octanol–water partition coefficient (Wildman–Crippen LogP) is -17.5. The molecule has 0 aromatic carbocycles. The Bertz CT molecular complexity index is 2720. The van der Waals surface area contributed by atoms with Crippen LogP contribution in [0, 0.1) is 50.2 Å². The van der Waals surface area contributed by atoms with Gasteiger partial charge < -0.3 is 42.1 Å². The number of carboxylic acids is 1. The van der Waals surface area contributed by atoms with Gasteiger partial charge in [0.25, 0.3) is 0 Å². The first-order valence-corrected chi connectivity index (χ1v) is 29.0. The summed E-state index contributed by atoms with van der Waals surface area (Å²) in [7, 11) is -30.1. The minimum atomic E-state index is -6.13.